The molecule has 28 heavy (non-hydrogen) atoms. The lowest BCUT2D eigenvalue weighted by Gasteiger charge is -2.19. The Balaban J connectivity index is 1.51. The van der Waals surface area contributed by atoms with Crippen LogP contribution in [0.15, 0.2) is 53.9 Å². The van der Waals surface area contributed by atoms with Gasteiger partial charge in [0.1, 0.15) is 13.2 Å². The highest BCUT2D eigenvalue weighted by atomic mass is 35.5. The van der Waals surface area contributed by atoms with Crippen molar-refractivity contribution in [1.29, 1.82) is 0 Å². The lowest BCUT2D eigenvalue weighted by molar-refractivity contribution is 0.101. The van der Waals surface area contributed by atoms with E-state index < -0.39 is 0 Å². The Kier molecular flexibility index (Phi) is 5.18. The molecule has 4 rings (SSSR count). The molecular formula is C20H15ClN2O4S. The number of anilines is 2. The van der Waals surface area contributed by atoms with Crippen LogP contribution < -0.4 is 20.1 Å². The van der Waals surface area contributed by atoms with Gasteiger partial charge >= 0.3 is 0 Å². The Morgan fingerprint density at radius 2 is 1.75 bits per heavy atom. The molecule has 2 aromatic carbocycles. The van der Waals surface area contributed by atoms with E-state index in [0.29, 0.717) is 51.6 Å². The number of hydrogen-bond donors (Lipinski definition) is 2. The summed E-state index contributed by atoms with van der Waals surface area (Å²) in [5, 5.41) is 7.70. The fourth-order valence-corrected chi connectivity index (χ4v) is 3.46. The van der Waals surface area contributed by atoms with Crippen LogP contribution in [0.3, 0.4) is 0 Å². The van der Waals surface area contributed by atoms with Gasteiger partial charge in [0, 0.05) is 17.3 Å². The first-order chi connectivity index (χ1) is 13.6. The molecule has 6 nitrogen and oxygen atoms in total. The van der Waals surface area contributed by atoms with Crippen molar-refractivity contribution in [3.05, 3.63) is 69.4 Å². The monoisotopic (exact) mass is 414 g/mol. The molecule has 1 aliphatic heterocycles. The molecule has 142 valence electrons. The summed E-state index contributed by atoms with van der Waals surface area (Å²) >= 11 is 7.50. The lowest BCUT2D eigenvalue weighted by atomic mass is 10.1. The standard InChI is InChI=1S/C20H15ClN2O4S/c21-14-5-3-12(10-15(14)23-20(25)18-2-1-9-28-18)19(24)22-13-4-6-16-17(11-13)27-8-7-26-16/h1-6,9-11H,7-8H2,(H,22,24)(H,23,25). The van der Waals surface area contributed by atoms with E-state index in [2.05, 4.69) is 10.6 Å². The molecule has 0 bridgehead atoms. The van der Waals surface area contributed by atoms with Gasteiger partial charge < -0.3 is 20.1 Å². The molecule has 1 aromatic heterocycles. The molecule has 2 N–H and O–H groups in total. The number of fused-ring (bicyclic) bond motifs is 1. The molecule has 2 heterocycles. The van der Waals surface area contributed by atoms with Crippen LogP contribution in [0.4, 0.5) is 11.4 Å². The first-order valence-electron chi connectivity index (χ1n) is 8.45. The number of carbonyl (C=O) groups is 2. The average molecular weight is 415 g/mol. The zero-order valence-corrected chi connectivity index (χ0v) is 16.1. The molecule has 0 saturated heterocycles. The Morgan fingerprint density at radius 1 is 0.929 bits per heavy atom. The summed E-state index contributed by atoms with van der Waals surface area (Å²) in [6.45, 7) is 0.971. The van der Waals surface area contributed by atoms with Crippen LogP contribution in [0.5, 0.6) is 11.5 Å². The van der Waals surface area contributed by atoms with Crippen LogP contribution in [0, 0.1) is 0 Å². The number of thiophene rings is 1. The zero-order chi connectivity index (χ0) is 19.5. The van der Waals surface area contributed by atoms with Crippen molar-refractivity contribution in [2.45, 2.75) is 0 Å². The third kappa shape index (κ3) is 3.95. The number of halogens is 1. The largest absolute Gasteiger partial charge is 0.486 e. The molecule has 2 amide bonds. The Hall–Kier alpha value is -3.03. The molecule has 0 atom stereocenters. The maximum atomic E-state index is 12.6. The number of benzene rings is 2. The molecule has 0 aliphatic carbocycles. The maximum absolute atomic E-state index is 12.6. The summed E-state index contributed by atoms with van der Waals surface area (Å²) in [6, 6.07) is 13.4. The van der Waals surface area contributed by atoms with Crippen LogP contribution in [-0.2, 0) is 0 Å². The number of rotatable bonds is 4. The van der Waals surface area contributed by atoms with E-state index >= 15 is 0 Å². The van der Waals surface area contributed by atoms with Crippen LogP contribution in [0.25, 0.3) is 0 Å². The molecule has 0 saturated carbocycles. The third-order valence-electron chi connectivity index (χ3n) is 4.02. The van der Waals surface area contributed by atoms with Gasteiger partial charge in [-0.1, -0.05) is 17.7 Å². The van der Waals surface area contributed by atoms with Crippen LogP contribution in [0.2, 0.25) is 5.02 Å². The van der Waals surface area contributed by atoms with Crippen molar-refractivity contribution in [3.8, 4) is 11.5 Å². The van der Waals surface area contributed by atoms with Crippen molar-refractivity contribution in [1.82, 2.24) is 0 Å². The zero-order valence-electron chi connectivity index (χ0n) is 14.5. The van der Waals surface area contributed by atoms with E-state index in [4.69, 9.17) is 21.1 Å². The van der Waals surface area contributed by atoms with Gasteiger partial charge in [-0.25, -0.2) is 0 Å². The number of amides is 2. The maximum Gasteiger partial charge on any atom is 0.265 e. The lowest BCUT2D eigenvalue weighted by Crippen LogP contribution is -2.17. The quantitative estimate of drug-likeness (QED) is 0.650. The number of ether oxygens (including phenoxy) is 2. The van der Waals surface area contributed by atoms with Crippen molar-refractivity contribution >= 4 is 46.1 Å². The number of hydrogen-bond acceptors (Lipinski definition) is 5. The minimum atomic E-state index is -0.333. The fraction of sp³-hybridized carbons (Fsp3) is 0.100. The van der Waals surface area contributed by atoms with Crippen LogP contribution >= 0.6 is 22.9 Å². The average Bonchev–Trinajstić information content (AvgIpc) is 3.24. The van der Waals surface area contributed by atoms with Crippen LogP contribution in [-0.4, -0.2) is 25.0 Å². The van der Waals surface area contributed by atoms with E-state index in [9.17, 15) is 9.59 Å². The summed E-state index contributed by atoms with van der Waals surface area (Å²) in [7, 11) is 0. The second kappa shape index (κ2) is 7.92. The topological polar surface area (TPSA) is 76.7 Å². The minimum absolute atomic E-state index is 0.277. The van der Waals surface area contributed by atoms with E-state index in [1.54, 1.807) is 48.5 Å². The summed E-state index contributed by atoms with van der Waals surface area (Å²) in [5.74, 6) is 0.625. The number of carbonyl (C=O) groups excluding carboxylic acids is 2. The van der Waals surface area contributed by atoms with Gasteiger partial charge in [0.2, 0.25) is 0 Å². The van der Waals surface area contributed by atoms with Crippen molar-refractivity contribution in [2.24, 2.45) is 0 Å². The molecule has 3 aromatic rings. The second-order valence-electron chi connectivity index (χ2n) is 5.94. The first kappa shape index (κ1) is 18.3. The molecule has 0 unspecified atom stereocenters. The Bertz CT molecular complexity index is 1040. The van der Waals surface area contributed by atoms with Crippen LogP contribution in [0.1, 0.15) is 20.0 Å². The summed E-state index contributed by atoms with van der Waals surface area (Å²) in [5.41, 5.74) is 1.31. The highest BCUT2D eigenvalue weighted by molar-refractivity contribution is 7.12. The normalized spacial score (nSPS) is 12.3. The summed E-state index contributed by atoms with van der Waals surface area (Å²) in [6.07, 6.45) is 0. The predicted octanol–water partition coefficient (Wildman–Crippen LogP) is 4.68. The molecule has 1 aliphatic rings. The smallest absolute Gasteiger partial charge is 0.265 e. The van der Waals surface area contributed by atoms with Crippen molar-refractivity contribution in [2.75, 3.05) is 23.8 Å². The van der Waals surface area contributed by atoms with Gasteiger partial charge in [0.25, 0.3) is 11.8 Å². The molecule has 0 radical (unpaired) electrons. The minimum Gasteiger partial charge on any atom is -0.486 e. The third-order valence-corrected chi connectivity index (χ3v) is 5.22. The summed E-state index contributed by atoms with van der Waals surface area (Å²) in [4.78, 5) is 25.4. The molecule has 8 heteroatoms. The molecule has 0 fully saturated rings. The first-order valence-corrected chi connectivity index (χ1v) is 9.71. The van der Waals surface area contributed by atoms with E-state index in [-0.39, 0.29) is 11.8 Å². The van der Waals surface area contributed by atoms with E-state index in [1.165, 1.54) is 11.3 Å². The molecular weight excluding hydrogens is 400 g/mol. The van der Waals surface area contributed by atoms with E-state index in [1.807, 2.05) is 5.38 Å². The highest BCUT2D eigenvalue weighted by Crippen LogP contribution is 2.33. The van der Waals surface area contributed by atoms with Gasteiger partial charge in [-0.05, 0) is 41.8 Å². The Morgan fingerprint density at radius 3 is 2.54 bits per heavy atom. The van der Waals surface area contributed by atoms with Crippen molar-refractivity contribution in [3.63, 3.8) is 0 Å². The van der Waals surface area contributed by atoms with E-state index in [0.717, 1.165) is 0 Å². The Labute approximate surface area is 170 Å². The van der Waals surface area contributed by atoms with Crippen molar-refractivity contribution < 1.29 is 19.1 Å². The van der Waals surface area contributed by atoms with Gasteiger partial charge in [0.15, 0.2) is 11.5 Å². The van der Waals surface area contributed by atoms with Gasteiger partial charge in [-0.15, -0.1) is 11.3 Å². The molecule has 0 spiro atoms. The highest BCUT2D eigenvalue weighted by Gasteiger charge is 2.15. The van der Waals surface area contributed by atoms with Gasteiger partial charge in [-0.3, -0.25) is 9.59 Å². The predicted molar refractivity (Wildman–Crippen MR) is 109 cm³/mol. The van der Waals surface area contributed by atoms with Gasteiger partial charge in [-0.2, -0.15) is 0 Å². The fourth-order valence-electron chi connectivity index (χ4n) is 2.68. The van der Waals surface area contributed by atoms with Gasteiger partial charge in [0.05, 0.1) is 15.6 Å². The second-order valence-corrected chi connectivity index (χ2v) is 7.29. The summed E-state index contributed by atoms with van der Waals surface area (Å²) < 4.78 is 11.0. The number of nitrogens with one attached hydrogen (secondary N) is 2. The SMILES string of the molecule is O=C(Nc1ccc2c(c1)OCCO2)c1ccc(Cl)c(NC(=O)c2cccs2)c1.